The maximum absolute atomic E-state index is 13.3. The molecule has 2 rings (SSSR count). The van der Waals surface area contributed by atoms with Crippen LogP contribution in [0.25, 0.3) is 5.69 Å². The van der Waals surface area contributed by atoms with E-state index in [1.807, 2.05) is 0 Å². The average Bonchev–Trinajstić information content (AvgIpc) is 2.78. The van der Waals surface area contributed by atoms with Gasteiger partial charge in [0.2, 0.25) is 0 Å². The normalized spacial score (nSPS) is 10.2. The highest BCUT2D eigenvalue weighted by Crippen LogP contribution is 2.23. The van der Waals surface area contributed by atoms with Gasteiger partial charge in [0.25, 0.3) is 0 Å². The van der Waals surface area contributed by atoms with Crippen molar-refractivity contribution >= 4 is 17.7 Å². The molecule has 0 saturated heterocycles. The molecule has 0 amide bonds. The second-order valence-electron chi connectivity index (χ2n) is 3.99. The van der Waals surface area contributed by atoms with Crippen LogP contribution in [0.4, 0.5) is 4.39 Å². The standard InChI is InChI=1S/C13H10FN3O2S/c1-8-6-17(13(16-8)20-7-12(18)19)10-2-3-11(14)9(4-10)5-15/h2-4,6H,7H2,1H3,(H,18,19). The molecular formula is C13H10FN3O2S. The maximum atomic E-state index is 13.3. The van der Waals surface area contributed by atoms with Gasteiger partial charge < -0.3 is 5.11 Å². The Kier molecular flexibility index (Phi) is 4.05. The zero-order valence-corrected chi connectivity index (χ0v) is 11.3. The van der Waals surface area contributed by atoms with E-state index in [9.17, 15) is 9.18 Å². The lowest BCUT2D eigenvalue weighted by Crippen LogP contribution is -2.01. The third-order valence-corrected chi connectivity index (χ3v) is 3.40. The van der Waals surface area contributed by atoms with E-state index in [1.165, 1.54) is 18.2 Å². The van der Waals surface area contributed by atoms with Crippen LogP contribution in [-0.4, -0.2) is 26.4 Å². The number of carbonyl (C=O) groups is 1. The van der Waals surface area contributed by atoms with Crippen molar-refractivity contribution in [2.24, 2.45) is 0 Å². The van der Waals surface area contributed by atoms with Crippen molar-refractivity contribution in [3.63, 3.8) is 0 Å². The highest BCUT2D eigenvalue weighted by atomic mass is 32.2. The molecule has 1 heterocycles. The van der Waals surface area contributed by atoms with Crippen LogP contribution in [-0.2, 0) is 4.79 Å². The molecule has 0 radical (unpaired) electrons. The summed E-state index contributed by atoms with van der Waals surface area (Å²) < 4.78 is 15.0. The van der Waals surface area contributed by atoms with Gasteiger partial charge in [-0.25, -0.2) is 9.37 Å². The van der Waals surface area contributed by atoms with E-state index >= 15 is 0 Å². The fourth-order valence-corrected chi connectivity index (χ4v) is 2.40. The molecule has 102 valence electrons. The minimum Gasteiger partial charge on any atom is -0.481 e. The first-order chi connectivity index (χ1) is 9.51. The Balaban J connectivity index is 2.42. The largest absolute Gasteiger partial charge is 0.481 e. The van der Waals surface area contributed by atoms with Crippen LogP contribution in [0, 0.1) is 24.1 Å². The lowest BCUT2D eigenvalue weighted by atomic mass is 10.2. The Morgan fingerprint density at radius 3 is 3.00 bits per heavy atom. The maximum Gasteiger partial charge on any atom is 0.313 e. The number of thioether (sulfide) groups is 1. The van der Waals surface area contributed by atoms with E-state index in [-0.39, 0.29) is 11.3 Å². The summed E-state index contributed by atoms with van der Waals surface area (Å²) in [6, 6.07) is 5.90. The molecule has 0 aliphatic carbocycles. The van der Waals surface area contributed by atoms with Crippen LogP contribution in [0.5, 0.6) is 0 Å². The second-order valence-corrected chi connectivity index (χ2v) is 4.94. The second kappa shape index (κ2) is 5.75. The zero-order chi connectivity index (χ0) is 14.7. The summed E-state index contributed by atoms with van der Waals surface area (Å²) in [4.78, 5) is 14.8. The zero-order valence-electron chi connectivity index (χ0n) is 10.5. The Morgan fingerprint density at radius 2 is 2.35 bits per heavy atom. The lowest BCUT2D eigenvalue weighted by Gasteiger charge is -2.07. The first-order valence-electron chi connectivity index (χ1n) is 5.62. The average molecular weight is 291 g/mol. The number of hydrogen-bond donors (Lipinski definition) is 1. The lowest BCUT2D eigenvalue weighted by molar-refractivity contribution is -0.133. The predicted octanol–water partition coefficient (Wildman–Crippen LogP) is 2.37. The van der Waals surface area contributed by atoms with Gasteiger partial charge in [-0.05, 0) is 25.1 Å². The SMILES string of the molecule is Cc1cn(-c2ccc(F)c(C#N)c2)c(SCC(=O)O)n1. The molecule has 0 fully saturated rings. The van der Waals surface area contributed by atoms with Gasteiger partial charge in [-0.2, -0.15) is 5.26 Å². The molecule has 20 heavy (non-hydrogen) atoms. The molecule has 5 nitrogen and oxygen atoms in total. The Labute approximate surface area is 118 Å². The number of aliphatic carboxylic acids is 1. The van der Waals surface area contributed by atoms with Gasteiger partial charge in [0.15, 0.2) is 5.16 Å². The molecule has 0 atom stereocenters. The molecule has 2 aromatic rings. The number of carboxylic acid groups (broad SMARTS) is 1. The monoisotopic (exact) mass is 291 g/mol. The van der Waals surface area contributed by atoms with Crippen molar-refractivity contribution in [1.82, 2.24) is 9.55 Å². The highest BCUT2D eigenvalue weighted by molar-refractivity contribution is 7.99. The van der Waals surface area contributed by atoms with Crippen LogP contribution in [0.2, 0.25) is 0 Å². The summed E-state index contributed by atoms with van der Waals surface area (Å²) in [6.45, 7) is 1.77. The van der Waals surface area contributed by atoms with Crippen LogP contribution in [0.15, 0.2) is 29.6 Å². The van der Waals surface area contributed by atoms with E-state index in [2.05, 4.69) is 4.98 Å². The van der Waals surface area contributed by atoms with E-state index in [1.54, 1.807) is 23.8 Å². The predicted molar refractivity (Wildman–Crippen MR) is 71.3 cm³/mol. The highest BCUT2D eigenvalue weighted by Gasteiger charge is 2.12. The van der Waals surface area contributed by atoms with Crippen molar-refractivity contribution in [3.05, 3.63) is 41.5 Å². The number of hydrogen-bond acceptors (Lipinski definition) is 4. The summed E-state index contributed by atoms with van der Waals surface area (Å²) >= 11 is 1.06. The topological polar surface area (TPSA) is 78.9 Å². The third kappa shape index (κ3) is 2.97. The van der Waals surface area contributed by atoms with Gasteiger partial charge in [-0.1, -0.05) is 11.8 Å². The van der Waals surface area contributed by atoms with Gasteiger partial charge in [0.1, 0.15) is 11.9 Å². The molecule has 0 aliphatic rings. The molecule has 7 heteroatoms. The first-order valence-corrected chi connectivity index (χ1v) is 6.60. The Bertz CT molecular complexity index is 706. The fraction of sp³-hybridized carbons (Fsp3) is 0.154. The summed E-state index contributed by atoms with van der Waals surface area (Å²) in [6.07, 6.45) is 1.71. The van der Waals surface area contributed by atoms with Gasteiger partial charge in [-0.15, -0.1) is 0 Å². The molecule has 0 saturated carbocycles. The first kappa shape index (κ1) is 14.1. The molecular weight excluding hydrogens is 281 g/mol. The number of aryl methyl sites for hydroxylation is 1. The van der Waals surface area contributed by atoms with Crippen LogP contribution < -0.4 is 0 Å². The van der Waals surface area contributed by atoms with E-state index < -0.39 is 11.8 Å². The number of nitrogens with zero attached hydrogens (tertiary/aromatic N) is 3. The van der Waals surface area contributed by atoms with E-state index in [0.29, 0.717) is 16.5 Å². The molecule has 0 unspecified atom stereocenters. The van der Waals surface area contributed by atoms with Crippen molar-refractivity contribution in [2.45, 2.75) is 12.1 Å². The van der Waals surface area contributed by atoms with Crippen LogP contribution in [0.3, 0.4) is 0 Å². The number of carboxylic acids is 1. The van der Waals surface area contributed by atoms with Crippen molar-refractivity contribution < 1.29 is 14.3 Å². The number of imidazole rings is 1. The van der Waals surface area contributed by atoms with Crippen molar-refractivity contribution in [2.75, 3.05) is 5.75 Å². The van der Waals surface area contributed by atoms with Gasteiger partial charge >= 0.3 is 5.97 Å². The minimum absolute atomic E-state index is 0.0666. The van der Waals surface area contributed by atoms with Crippen molar-refractivity contribution in [3.8, 4) is 11.8 Å². The number of halogens is 1. The third-order valence-electron chi connectivity index (χ3n) is 2.47. The smallest absolute Gasteiger partial charge is 0.313 e. The number of nitriles is 1. The molecule has 1 aromatic carbocycles. The number of rotatable bonds is 4. The van der Waals surface area contributed by atoms with Crippen molar-refractivity contribution in [1.29, 1.82) is 5.26 Å². The number of benzene rings is 1. The summed E-state index contributed by atoms with van der Waals surface area (Å²) in [5.74, 6) is -1.66. The quantitative estimate of drug-likeness (QED) is 0.875. The Morgan fingerprint density at radius 1 is 1.60 bits per heavy atom. The molecule has 0 spiro atoms. The molecule has 0 aliphatic heterocycles. The minimum atomic E-state index is -0.945. The summed E-state index contributed by atoms with van der Waals surface area (Å²) in [5, 5.41) is 18.0. The Hall–Kier alpha value is -2.33. The van der Waals surface area contributed by atoms with Gasteiger partial charge in [-0.3, -0.25) is 9.36 Å². The summed E-state index contributed by atoms with van der Waals surface area (Å²) in [7, 11) is 0. The summed E-state index contributed by atoms with van der Waals surface area (Å²) in [5.41, 5.74) is 1.21. The van der Waals surface area contributed by atoms with Gasteiger partial charge in [0.05, 0.1) is 17.0 Å². The van der Waals surface area contributed by atoms with E-state index in [4.69, 9.17) is 10.4 Å². The van der Waals surface area contributed by atoms with E-state index in [0.717, 1.165) is 11.8 Å². The van der Waals surface area contributed by atoms with Gasteiger partial charge in [0, 0.05) is 11.9 Å². The molecule has 1 aromatic heterocycles. The molecule has 0 bridgehead atoms. The van der Waals surface area contributed by atoms with Crippen LogP contribution >= 0.6 is 11.8 Å². The van der Waals surface area contributed by atoms with Crippen LogP contribution in [0.1, 0.15) is 11.3 Å². The molecule has 1 N–H and O–H groups in total. The number of aromatic nitrogens is 2. The fourth-order valence-electron chi connectivity index (χ4n) is 1.64.